The number of hydrogen-bond donors (Lipinski definition) is 1. The normalized spacial score (nSPS) is 10.0. The molecule has 0 bridgehead atoms. The predicted octanol–water partition coefficient (Wildman–Crippen LogP) is 2.18. The van der Waals surface area contributed by atoms with E-state index in [0.717, 1.165) is 5.39 Å². The van der Waals surface area contributed by atoms with E-state index in [1.165, 1.54) is 6.07 Å². The van der Waals surface area contributed by atoms with Crippen LogP contribution in [0.5, 0.6) is 0 Å². The summed E-state index contributed by atoms with van der Waals surface area (Å²) in [5.74, 6) is -0.375. The third kappa shape index (κ3) is 0.940. The van der Waals surface area contributed by atoms with Crippen molar-refractivity contribution >= 4 is 10.9 Å². The van der Waals surface area contributed by atoms with E-state index in [-0.39, 0.29) is 5.95 Å². The number of H-pyrrole nitrogens is 1. The summed E-state index contributed by atoms with van der Waals surface area (Å²) in [7, 11) is 0. The van der Waals surface area contributed by atoms with Crippen LogP contribution in [0.2, 0.25) is 0 Å². The zero-order valence-electron chi connectivity index (χ0n) is 6.13. The Balaban J connectivity index is 2.77. The van der Waals surface area contributed by atoms with Gasteiger partial charge in [0.1, 0.15) is 0 Å². The lowest BCUT2D eigenvalue weighted by Crippen LogP contribution is -1.72. The van der Waals surface area contributed by atoms with Crippen molar-refractivity contribution in [2.24, 2.45) is 0 Å². The minimum atomic E-state index is -0.375. The van der Waals surface area contributed by atoms with Gasteiger partial charge in [0.25, 0.3) is 0 Å². The second-order valence-corrected chi connectivity index (χ2v) is 2.53. The molecule has 2 rings (SSSR count). The molecule has 58 valence electrons. The Morgan fingerprint density at radius 2 is 2.17 bits per heavy atom. The molecule has 2 nitrogen and oxygen atoms in total. The molecule has 0 aliphatic heterocycles. The van der Waals surface area contributed by atoms with Crippen LogP contribution >= 0.6 is 0 Å². The first kappa shape index (κ1) is 6.86. The maximum absolute atomic E-state index is 12.6. The topological polar surface area (TPSA) is 39.6 Å². The van der Waals surface area contributed by atoms with Crippen LogP contribution in [0.1, 0.15) is 5.56 Å². The Labute approximate surface area is 68.2 Å². The average molecular weight is 160 g/mol. The Hall–Kier alpha value is -1.82. The molecule has 1 aromatic carbocycles. The van der Waals surface area contributed by atoms with Crippen molar-refractivity contribution in [2.75, 3.05) is 0 Å². The zero-order chi connectivity index (χ0) is 8.55. The van der Waals surface area contributed by atoms with Gasteiger partial charge in [-0.2, -0.15) is 9.65 Å². The van der Waals surface area contributed by atoms with Gasteiger partial charge in [0.2, 0.25) is 0 Å². The summed E-state index contributed by atoms with van der Waals surface area (Å²) in [6, 6.07) is 8.35. The van der Waals surface area contributed by atoms with E-state index >= 15 is 0 Å². The zero-order valence-corrected chi connectivity index (χ0v) is 6.13. The van der Waals surface area contributed by atoms with Crippen LogP contribution in [0, 0.1) is 17.3 Å². The Morgan fingerprint density at radius 3 is 2.92 bits per heavy atom. The molecule has 0 saturated carbocycles. The van der Waals surface area contributed by atoms with Gasteiger partial charge in [0, 0.05) is 17.0 Å². The van der Waals surface area contributed by atoms with Crippen molar-refractivity contribution in [1.29, 1.82) is 5.26 Å². The lowest BCUT2D eigenvalue weighted by atomic mass is 10.2. The minimum absolute atomic E-state index is 0.375. The van der Waals surface area contributed by atoms with Crippen LogP contribution in [0.3, 0.4) is 0 Å². The molecule has 12 heavy (non-hydrogen) atoms. The van der Waals surface area contributed by atoms with Crippen molar-refractivity contribution in [3.05, 3.63) is 35.8 Å². The molecular weight excluding hydrogens is 155 g/mol. The summed E-state index contributed by atoms with van der Waals surface area (Å²) in [4.78, 5) is 2.53. The van der Waals surface area contributed by atoms with Crippen LogP contribution in [-0.4, -0.2) is 4.98 Å². The van der Waals surface area contributed by atoms with E-state index < -0.39 is 0 Å². The molecule has 2 aromatic rings. The van der Waals surface area contributed by atoms with Crippen molar-refractivity contribution < 1.29 is 4.39 Å². The van der Waals surface area contributed by atoms with Gasteiger partial charge in [-0.1, -0.05) is 0 Å². The van der Waals surface area contributed by atoms with Gasteiger partial charge in [-0.15, -0.1) is 0 Å². The summed E-state index contributed by atoms with van der Waals surface area (Å²) in [5, 5.41) is 9.28. The maximum atomic E-state index is 12.6. The lowest BCUT2D eigenvalue weighted by Gasteiger charge is -1.88. The number of halogens is 1. The highest BCUT2D eigenvalue weighted by atomic mass is 19.1. The number of nitrogens with zero attached hydrogens (tertiary/aromatic N) is 1. The van der Waals surface area contributed by atoms with E-state index in [9.17, 15) is 4.39 Å². The third-order valence-electron chi connectivity index (χ3n) is 1.72. The molecule has 1 N–H and O–H groups in total. The maximum Gasteiger partial charge on any atom is 0.192 e. The number of aromatic nitrogens is 1. The number of nitrogens with one attached hydrogen (secondary N) is 1. The summed E-state index contributed by atoms with van der Waals surface area (Å²) in [5.41, 5.74) is 1.26. The smallest absolute Gasteiger partial charge is 0.192 e. The fraction of sp³-hybridized carbons (Fsp3) is 0. The van der Waals surface area contributed by atoms with Crippen LogP contribution < -0.4 is 0 Å². The number of nitriles is 1. The van der Waals surface area contributed by atoms with E-state index in [1.54, 1.807) is 18.2 Å². The van der Waals surface area contributed by atoms with Crippen LogP contribution in [-0.2, 0) is 0 Å². The summed E-state index contributed by atoms with van der Waals surface area (Å²) >= 11 is 0. The molecule has 0 amide bonds. The fourth-order valence-corrected chi connectivity index (χ4v) is 1.17. The Kier molecular flexibility index (Phi) is 1.34. The van der Waals surface area contributed by atoms with Crippen molar-refractivity contribution in [1.82, 2.24) is 4.98 Å². The number of rotatable bonds is 0. The SMILES string of the molecule is N#Cc1ccc2[nH]c(F)cc2c1. The second kappa shape index (κ2) is 2.35. The largest absolute Gasteiger partial charge is 0.331 e. The van der Waals surface area contributed by atoms with Gasteiger partial charge in [0.15, 0.2) is 5.95 Å². The monoisotopic (exact) mass is 160 g/mol. The first-order valence-electron chi connectivity index (χ1n) is 3.48. The van der Waals surface area contributed by atoms with Crippen LogP contribution in [0.25, 0.3) is 10.9 Å². The molecule has 0 aliphatic rings. The molecule has 0 spiro atoms. The Morgan fingerprint density at radius 1 is 1.33 bits per heavy atom. The first-order chi connectivity index (χ1) is 5.79. The molecule has 1 aromatic heterocycles. The number of fused-ring (bicyclic) bond motifs is 1. The Bertz CT molecular complexity index is 465. The second-order valence-electron chi connectivity index (χ2n) is 2.53. The highest BCUT2D eigenvalue weighted by Crippen LogP contribution is 2.15. The van der Waals surface area contributed by atoms with Crippen molar-refractivity contribution in [2.45, 2.75) is 0 Å². The third-order valence-corrected chi connectivity index (χ3v) is 1.72. The molecule has 0 saturated heterocycles. The molecular formula is C9H5FN2. The van der Waals surface area contributed by atoms with E-state index in [0.29, 0.717) is 11.1 Å². The molecule has 0 aliphatic carbocycles. The van der Waals surface area contributed by atoms with Gasteiger partial charge in [-0.3, -0.25) is 0 Å². The molecule has 0 radical (unpaired) electrons. The summed E-state index contributed by atoms with van der Waals surface area (Å²) in [6.45, 7) is 0. The van der Waals surface area contributed by atoms with Crippen molar-refractivity contribution in [3.63, 3.8) is 0 Å². The lowest BCUT2D eigenvalue weighted by molar-refractivity contribution is 0.595. The number of benzene rings is 1. The van der Waals surface area contributed by atoms with E-state index in [1.807, 2.05) is 6.07 Å². The van der Waals surface area contributed by atoms with E-state index in [4.69, 9.17) is 5.26 Å². The molecule has 0 fully saturated rings. The summed E-state index contributed by atoms with van der Waals surface area (Å²) < 4.78 is 12.6. The number of aromatic amines is 1. The average Bonchev–Trinajstić information content (AvgIpc) is 2.43. The highest BCUT2D eigenvalue weighted by molar-refractivity contribution is 5.80. The quantitative estimate of drug-likeness (QED) is 0.630. The van der Waals surface area contributed by atoms with Crippen LogP contribution in [0.4, 0.5) is 4.39 Å². The van der Waals surface area contributed by atoms with E-state index in [2.05, 4.69) is 4.98 Å². The van der Waals surface area contributed by atoms with Gasteiger partial charge >= 0.3 is 0 Å². The molecule has 0 unspecified atom stereocenters. The minimum Gasteiger partial charge on any atom is -0.331 e. The molecule has 3 heteroatoms. The van der Waals surface area contributed by atoms with Crippen LogP contribution in [0.15, 0.2) is 24.3 Å². The van der Waals surface area contributed by atoms with Gasteiger partial charge < -0.3 is 4.98 Å². The predicted molar refractivity (Wildman–Crippen MR) is 43.0 cm³/mol. The number of hydrogen-bond acceptors (Lipinski definition) is 1. The standard InChI is InChI=1S/C9H5FN2/c10-9-4-7-3-6(5-11)1-2-8(7)12-9/h1-4,12H. The van der Waals surface area contributed by atoms with Gasteiger partial charge in [0.05, 0.1) is 11.6 Å². The molecule has 1 heterocycles. The highest BCUT2D eigenvalue weighted by Gasteiger charge is 1.99. The first-order valence-corrected chi connectivity index (χ1v) is 3.48. The van der Waals surface area contributed by atoms with Crippen molar-refractivity contribution in [3.8, 4) is 6.07 Å². The van der Waals surface area contributed by atoms with Gasteiger partial charge in [-0.05, 0) is 18.2 Å². The summed E-state index contributed by atoms with van der Waals surface area (Å²) in [6.07, 6.45) is 0. The molecule has 0 atom stereocenters. The van der Waals surface area contributed by atoms with Gasteiger partial charge in [-0.25, -0.2) is 0 Å². The fourth-order valence-electron chi connectivity index (χ4n) is 1.17.